The summed E-state index contributed by atoms with van der Waals surface area (Å²) in [4.78, 5) is 0. The number of nitrogens with one attached hydrogen (secondary N) is 1. The van der Waals surface area contributed by atoms with E-state index in [0.717, 1.165) is 11.3 Å². The molecule has 0 aliphatic heterocycles. The van der Waals surface area contributed by atoms with E-state index in [2.05, 4.69) is 21.4 Å². The van der Waals surface area contributed by atoms with Gasteiger partial charge in [0.25, 0.3) is 0 Å². The molecule has 4 nitrogen and oxygen atoms in total. The van der Waals surface area contributed by atoms with Gasteiger partial charge in [0.2, 0.25) is 12.3 Å². The fraction of sp³-hybridized carbons (Fsp3) is 0.0909. The zero-order valence-electron chi connectivity index (χ0n) is 7.97. The number of benzene rings is 1. The average molecular weight is 199 g/mol. The molecule has 15 heavy (non-hydrogen) atoms. The highest BCUT2D eigenvalue weighted by atomic mass is 16.4. The van der Waals surface area contributed by atoms with E-state index in [9.17, 15) is 0 Å². The van der Waals surface area contributed by atoms with Crippen LogP contribution in [0.5, 0.6) is 0 Å². The van der Waals surface area contributed by atoms with E-state index in [0.29, 0.717) is 12.4 Å². The highest BCUT2D eigenvalue weighted by molar-refractivity contribution is 5.61. The van der Waals surface area contributed by atoms with Gasteiger partial charge in [-0.2, -0.15) is 0 Å². The Hall–Kier alpha value is -2.28. The van der Waals surface area contributed by atoms with Crippen molar-refractivity contribution in [2.75, 3.05) is 11.9 Å². The summed E-state index contributed by atoms with van der Waals surface area (Å²) in [6.45, 7) is 0.493. The number of anilines is 1. The SMILES string of the molecule is C#CCNc1cccc(-c2nnco2)c1. The molecule has 0 spiro atoms. The molecule has 1 aromatic carbocycles. The van der Waals surface area contributed by atoms with E-state index < -0.39 is 0 Å². The van der Waals surface area contributed by atoms with Crippen LogP contribution in [0.2, 0.25) is 0 Å². The molecule has 1 aromatic heterocycles. The van der Waals surface area contributed by atoms with Crippen LogP contribution in [0.1, 0.15) is 0 Å². The topological polar surface area (TPSA) is 51.0 Å². The van der Waals surface area contributed by atoms with Gasteiger partial charge in [0.15, 0.2) is 0 Å². The first-order chi connectivity index (χ1) is 7.40. The van der Waals surface area contributed by atoms with Crippen LogP contribution in [0.15, 0.2) is 35.1 Å². The third-order valence-electron chi connectivity index (χ3n) is 1.86. The maximum absolute atomic E-state index is 5.16. The number of rotatable bonds is 3. The molecule has 74 valence electrons. The first-order valence-corrected chi connectivity index (χ1v) is 4.44. The molecule has 0 radical (unpaired) electrons. The Morgan fingerprint density at radius 1 is 1.47 bits per heavy atom. The molecular weight excluding hydrogens is 190 g/mol. The molecule has 0 aliphatic rings. The minimum absolute atomic E-state index is 0.493. The second-order valence-electron chi connectivity index (χ2n) is 2.88. The third-order valence-corrected chi connectivity index (χ3v) is 1.86. The van der Waals surface area contributed by atoms with Gasteiger partial charge < -0.3 is 9.73 Å². The van der Waals surface area contributed by atoms with Crippen molar-refractivity contribution in [2.45, 2.75) is 0 Å². The minimum Gasteiger partial charge on any atom is -0.423 e. The molecule has 2 aromatic rings. The summed E-state index contributed by atoms with van der Waals surface area (Å²) in [7, 11) is 0. The van der Waals surface area contributed by atoms with Crippen molar-refractivity contribution < 1.29 is 4.42 Å². The average Bonchev–Trinajstić information content (AvgIpc) is 2.80. The predicted octanol–water partition coefficient (Wildman–Crippen LogP) is 1.78. The normalized spacial score (nSPS) is 9.53. The summed E-state index contributed by atoms with van der Waals surface area (Å²) in [6, 6.07) is 7.63. The van der Waals surface area contributed by atoms with E-state index >= 15 is 0 Å². The quantitative estimate of drug-likeness (QED) is 0.765. The zero-order chi connectivity index (χ0) is 10.5. The molecule has 0 saturated heterocycles. The fourth-order valence-electron chi connectivity index (χ4n) is 1.21. The molecule has 0 fully saturated rings. The van der Waals surface area contributed by atoms with Crippen LogP contribution in [0.3, 0.4) is 0 Å². The van der Waals surface area contributed by atoms with Gasteiger partial charge in [-0.25, -0.2) is 0 Å². The van der Waals surface area contributed by atoms with Crippen LogP contribution in [-0.4, -0.2) is 16.7 Å². The van der Waals surface area contributed by atoms with E-state index in [1.54, 1.807) is 0 Å². The molecule has 0 saturated carbocycles. The summed E-state index contributed by atoms with van der Waals surface area (Å²) >= 11 is 0. The van der Waals surface area contributed by atoms with Gasteiger partial charge in [-0.1, -0.05) is 12.0 Å². The summed E-state index contributed by atoms with van der Waals surface area (Å²) in [6.07, 6.45) is 6.46. The van der Waals surface area contributed by atoms with Gasteiger partial charge in [0.05, 0.1) is 6.54 Å². The Morgan fingerprint density at radius 3 is 3.13 bits per heavy atom. The van der Waals surface area contributed by atoms with Crippen molar-refractivity contribution in [2.24, 2.45) is 0 Å². The van der Waals surface area contributed by atoms with Gasteiger partial charge in [-0.3, -0.25) is 0 Å². The summed E-state index contributed by atoms with van der Waals surface area (Å²) < 4.78 is 5.09. The van der Waals surface area contributed by atoms with Gasteiger partial charge in [-0.15, -0.1) is 16.6 Å². The maximum atomic E-state index is 5.16. The molecule has 2 rings (SSSR count). The molecule has 0 bridgehead atoms. The van der Waals surface area contributed by atoms with Gasteiger partial charge in [0, 0.05) is 11.3 Å². The first kappa shape index (κ1) is 9.28. The summed E-state index contributed by atoms with van der Waals surface area (Å²) in [5, 5.41) is 10.5. The molecule has 1 N–H and O–H groups in total. The number of nitrogens with zero attached hydrogens (tertiary/aromatic N) is 2. The lowest BCUT2D eigenvalue weighted by Gasteiger charge is -2.02. The number of terminal acetylenes is 1. The zero-order valence-corrected chi connectivity index (χ0v) is 7.97. The van der Waals surface area contributed by atoms with Gasteiger partial charge in [0.1, 0.15) is 0 Å². The van der Waals surface area contributed by atoms with Crippen molar-refractivity contribution in [1.29, 1.82) is 0 Å². The molecule has 0 unspecified atom stereocenters. The molecule has 0 amide bonds. The Balaban J connectivity index is 2.24. The highest BCUT2D eigenvalue weighted by Gasteiger charge is 2.03. The molecule has 1 heterocycles. The number of hydrogen-bond acceptors (Lipinski definition) is 4. The van der Waals surface area contributed by atoms with Crippen LogP contribution < -0.4 is 5.32 Å². The Kier molecular flexibility index (Phi) is 2.65. The second-order valence-corrected chi connectivity index (χ2v) is 2.88. The van der Waals surface area contributed by atoms with Crippen molar-refractivity contribution in [3.8, 4) is 23.8 Å². The lowest BCUT2D eigenvalue weighted by Crippen LogP contribution is -1.97. The Bertz CT molecular complexity index is 471. The predicted molar refractivity (Wildman–Crippen MR) is 57.1 cm³/mol. The summed E-state index contributed by atoms with van der Waals surface area (Å²) in [5.41, 5.74) is 1.80. The van der Waals surface area contributed by atoms with Crippen LogP contribution in [0, 0.1) is 12.3 Å². The van der Waals surface area contributed by atoms with Gasteiger partial charge in [-0.05, 0) is 18.2 Å². The van der Waals surface area contributed by atoms with Crippen LogP contribution in [0.25, 0.3) is 11.5 Å². The third kappa shape index (κ3) is 2.15. The van der Waals surface area contributed by atoms with Crippen molar-refractivity contribution >= 4 is 5.69 Å². The summed E-state index contributed by atoms with van der Waals surface area (Å²) in [5.74, 6) is 3.01. The van der Waals surface area contributed by atoms with Crippen molar-refractivity contribution in [1.82, 2.24) is 10.2 Å². The molecule has 4 heteroatoms. The number of hydrogen-bond donors (Lipinski definition) is 1. The van der Waals surface area contributed by atoms with Crippen LogP contribution in [-0.2, 0) is 0 Å². The number of aromatic nitrogens is 2. The van der Waals surface area contributed by atoms with Crippen molar-refractivity contribution in [3.05, 3.63) is 30.7 Å². The van der Waals surface area contributed by atoms with E-state index in [1.807, 2.05) is 24.3 Å². The standard InChI is InChI=1S/C11H9N3O/c1-2-6-12-10-5-3-4-9(7-10)11-14-13-8-15-11/h1,3-5,7-8,12H,6H2. The second kappa shape index (κ2) is 4.29. The minimum atomic E-state index is 0.493. The maximum Gasteiger partial charge on any atom is 0.247 e. The highest BCUT2D eigenvalue weighted by Crippen LogP contribution is 2.19. The van der Waals surface area contributed by atoms with Gasteiger partial charge >= 0.3 is 0 Å². The Labute approximate surface area is 87.3 Å². The lowest BCUT2D eigenvalue weighted by molar-refractivity contribution is 0.568. The van der Waals surface area contributed by atoms with E-state index in [4.69, 9.17) is 10.8 Å². The molecule has 0 atom stereocenters. The van der Waals surface area contributed by atoms with E-state index in [1.165, 1.54) is 6.39 Å². The largest absolute Gasteiger partial charge is 0.423 e. The molecular formula is C11H9N3O. The molecule has 0 aliphatic carbocycles. The van der Waals surface area contributed by atoms with Crippen LogP contribution in [0.4, 0.5) is 5.69 Å². The fourth-order valence-corrected chi connectivity index (χ4v) is 1.21. The smallest absolute Gasteiger partial charge is 0.247 e. The van der Waals surface area contributed by atoms with Crippen LogP contribution >= 0.6 is 0 Å². The Morgan fingerprint density at radius 2 is 2.40 bits per heavy atom. The van der Waals surface area contributed by atoms with E-state index in [-0.39, 0.29) is 0 Å². The first-order valence-electron chi connectivity index (χ1n) is 4.44. The monoisotopic (exact) mass is 199 g/mol. The lowest BCUT2D eigenvalue weighted by atomic mass is 10.2. The van der Waals surface area contributed by atoms with Crippen molar-refractivity contribution in [3.63, 3.8) is 0 Å².